The third-order valence-electron chi connectivity index (χ3n) is 4.97. The standard InChI is InChI=1S/C15H26N2O2/c18-14(10-13-4-1-2-5-13)17-8-9-19-15(12-17)6-3-7-16-11-15/h13,16H,1-12H2/t15-/m1/s1. The molecular formula is C15H26N2O2. The van der Waals surface area contributed by atoms with Gasteiger partial charge in [0.25, 0.3) is 0 Å². The van der Waals surface area contributed by atoms with Crippen LogP contribution >= 0.6 is 0 Å². The van der Waals surface area contributed by atoms with Gasteiger partial charge in [0, 0.05) is 19.5 Å². The summed E-state index contributed by atoms with van der Waals surface area (Å²) in [4.78, 5) is 14.5. The predicted octanol–water partition coefficient (Wildman–Crippen LogP) is 1.55. The van der Waals surface area contributed by atoms with Crippen LogP contribution in [0.15, 0.2) is 0 Å². The first kappa shape index (κ1) is 13.4. The number of rotatable bonds is 2. The van der Waals surface area contributed by atoms with Crippen molar-refractivity contribution < 1.29 is 9.53 Å². The fourth-order valence-electron chi connectivity index (χ4n) is 3.85. The molecule has 4 nitrogen and oxygen atoms in total. The van der Waals surface area contributed by atoms with Gasteiger partial charge in [-0.15, -0.1) is 0 Å². The van der Waals surface area contributed by atoms with E-state index >= 15 is 0 Å². The smallest absolute Gasteiger partial charge is 0.223 e. The van der Waals surface area contributed by atoms with E-state index in [2.05, 4.69) is 10.2 Å². The Hall–Kier alpha value is -0.610. The van der Waals surface area contributed by atoms with Crippen LogP contribution in [0.4, 0.5) is 0 Å². The fourth-order valence-corrected chi connectivity index (χ4v) is 3.85. The van der Waals surface area contributed by atoms with E-state index in [1.165, 1.54) is 25.7 Å². The molecule has 1 saturated carbocycles. The highest BCUT2D eigenvalue weighted by Gasteiger charge is 2.39. The SMILES string of the molecule is O=C(CC1CCCC1)N1CCO[C@@]2(CCCNC2)C1. The second-order valence-corrected chi connectivity index (χ2v) is 6.48. The summed E-state index contributed by atoms with van der Waals surface area (Å²) in [7, 11) is 0. The quantitative estimate of drug-likeness (QED) is 0.824. The van der Waals surface area contributed by atoms with Crippen molar-refractivity contribution in [2.45, 2.75) is 50.5 Å². The van der Waals surface area contributed by atoms with Crippen LogP contribution in [0.25, 0.3) is 0 Å². The molecule has 3 fully saturated rings. The van der Waals surface area contributed by atoms with Gasteiger partial charge in [0.1, 0.15) is 0 Å². The van der Waals surface area contributed by atoms with Crippen LogP contribution in [-0.2, 0) is 9.53 Å². The van der Waals surface area contributed by atoms with Gasteiger partial charge in [-0.2, -0.15) is 0 Å². The van der Waals surface area contributed by atoms with Gasteiger partial charge in [-0.25, -0.2) is 0 Å². The molecule has 0 bridgehead atoms. The van der Waals surface area contributed by atoms with Crippen LogP contribution < -0.4 is 5.32 Å². The second kappa shape index (κ2) is 5.80. The van der Waals surface area contributed by atoms with Crippen LogP contribution in [0.3, 0.4) is 0 Å². The highest BCUT2D eigenvalue weighted by atomic mass is 16.5. The van der Waals surface area contributed by atoms with Crippen molar-refractivity contribution in [3.63, 3.8) is 0 Å². The number of nitrogens with one attached hydrogen (secondary N) is 1. The summed E-state index contributed by atoms with van der Waals surface area (Å²) in [5.74, 6) is 1.01. The Labute approximate surface area is 115 Å². The molecule has 3 aliphatic rings. The minimum Gasteiger partial charge on any atom is -0.370 e. The number of ether oxygens (including phenoxy) is 1. The lowest BCUT2D eigenvalue weighted by molar-refractivity contribution is -0.154. The Morgan fingerprint density at radius 1 is 1.32 bits per heavy atom. The Kier molecular flexibility index (Phi) is 4.08. The Morgan fingerprint density at radius 3 is 2.89 bits per heavy atom. The molecule has 2 saturated heterocycles. The zero-order valence-electron chi connectivity index (χ0n) is 11.8. The number of morpholine rings is 1. The van der Waals surface area contributed by atoms with E-state index in [4.69, 9.17) is 4.74 Å². The van der Waals surface area contributed by atoms with Crippen LogP contribution in [0, 0.1) is 5.92 Å². The highest BCUT2D eigenvalue weighted by molar-refractivity contribution is 5.76. The molecule has 0 aromatic rings. The first-order chi connectivity index (χ1) is 9.27. The van der Waals surface area contributed by atoms with Crippen molar-refractivity contribution >= 4 is 5.91 Å². The van der Waals surface area contributed by atoms with Crippen molar-refractivity contribution in [2.24, 2.45) is 5.92 Å². The molecule has 1 atom stereocenters. The van der Waals surface area contributed by atoms with E-state index in [-0.39, 0.29) is 5.60 Å². The third kappa shape index (κ3) is 3.11. The van der Waals surface area contributed by atoms with Crippen molar-refractivity contribution in [1.29, 1.82) is 0 Å². The van der Waals surface area contributed by atoms with Gasteiger partial charge in [-0.05, 0) is 38.1 Å². The molecule has 3 rings (SSSR count). The molecule has 2 aliphatic heterocycles. The maximum atomic E-state index is 12.4. The Morgan fingerprint density at radius 2 is 2.16 bits per heavy atom. The van der Waals surface area contributed by atoms with Crippen molar-refractivity contribution in [3.05, 3.63) is 0 Å². The molecular weight excluding hydrogens is 240 g/mol. The number of carbonyl (C=O) groups is 1. The maximum Gasteiger partial charge on any atom is 0.223 e. The number of amides is 1. The summed E-state index contributed by atoms with van der Waals surface area (Å²) >= 11 is 0. The molecule has 1 amide bonds. The molecule has 1 spiro atoms. The minimum atomic E-state index is -0.0954. The summed E-state index contributed by atoms with van der Waals surface area (Å²) in [5.41, 5.74) is -0.0954. The molecule has 0 unspecified atom stereocenters. The molecule has 0 radical (unpaired) electrons. The van der Waals surface area contributed by atoms with Crippen LogP contribution in [0.5, 0.6) is 0 Å². The van der Waals surface area contributed by atoms with Gasteiger partial charge in [0.15, 0.2) is 0 Å². The first-order valence-electron chi connectivity index (χ1n) is 7.90. The van der Waals surface area contributed by atoms with Gasteiger partial charge in [0.05, 0.1) is 18.8 Å². The fraction of sp³-hybridized carbons (Fsp3) is 0.933. The summed E-state index contributed by atoms with van der Waals surface area (Å²) < 4.78 is 6.00. The Balaban J connectivity index is 1.56. The number of carbonyl (C=O) groups excluding carboxylic acids is 1. The van der Waals surface area contributed by atoms with Crippen LogP contribution in [0.1, 0.15) is 44.9 Å². The van der Waals surface area contributed by atoms with Gasteiger partial charge in [-0.1, -0.05) is 12.8 Å². The third-order valence-corrected chi connectivity index (χ3v) is 4.97. The second-order valence-electron chi connectivity index (χ2n) is 6.48. The molecule has 0 aromatic heterocycles. The summed E-state index contributed by atoms with van der Waals surface area (Å²) in [6.07, 6.45) is 8.15. The zero-order chi connectivity index (χ0) is 13.1. The van der Waals surface area contributed by atoms with E-state index in [1.807, 2.05) is 0 Å². The van der Waals surface area contributed by atoms with E-state index in [9.17, 15) is 4.79 Å². The largest absolute Gasteiger partial charge is 0.370 e. The average Bonchev–Trinajstić information content (AvgIpc) is 2.92. The van der Waals surface area contributed by atoms with E-state index in [1.54, 1.807) is 0 Å². The molecule has 4 heteroatoms. The lowest BCUT2D eigenvalue weighted by atomic mass is 9.91. The molecule has 108 valence electrons. The van der Waals surface area contributed by atoms with E-state index in [0.717, 1.165) is 45.4 Å². The first-order valence-corrected chi connectivity index (χ1v) is 7.90. The van der Waals surface area contributed by atoms with Gasteiger partial charge in [-0.3, -0.25) is 4.79 Å². The van der Waals surface area contributed by atoms with E-state index in [0.29, 0.717) is 18.4 Å². The van der Waals surface area contributed by atoms with Crippen molar-refractivity contribution in [2.75, 3.05) is 32.8 Å². The zero-order valence-corrected chi connectivity index (χ0v) is 11.8. The molecule has 0 aromatic carbocycles. The number of hydrogen-bond acceptors (Lipinski definition) is 3. The van der Waals surface area contributed by atoms with Crippen molar-refractivity contribution in [3.8, 4) is 0 Å². The highest BCUT2D eigenvalue weighted by Crippen LogP contribution is 2.30. The van der Waals surface area contributed by atoms with Crippen molar-refractivity contribution in [1.82, 2.24) is 10.2 Å². The number of piperidine rings is 1. The number of nitrogens with zero attached hydrogens (tertiary/aromatic N) is 1. The lowest BCUT2D eigenvalue weighted by Gasteiger charge is -2.45. The molecule has 1 N–H and O–H groups in total. The normalized spacial score (nSPS) is 32.9. The predicted molar refractivity (Wildman–Crippen MR) is 73.9 cm³/mol. The minimum absolute atomic E-state index is 0.0954. The van der Waals surface area contributed by atoms with Gasteiger partial charge in [0.2, 0.25) is 5.91 Å². The summed E-state index contributed by atoms with van der Waals surface area (Å²) in [6, 6.07) is 0. The summed E-state index contributed by atoms with van der Waals surface area (Å²) in [5, 5.41) is 3.41. The summed E-state index contributed by atoms with van der Waals surface area (Å²) in [6.45, 7) is 4.28. The average molecular weight is 266 g/mol. The van der Waals surface area contributed by atoms with E-state index < -0.39 is 0 Å². The number of hydrogen-bond donors (Lipinski definition) is 1. The van der Waals surface area contributed by atoms with Crippen LogP contribution in [-0.4, -0.2) is 49.2 Å². The Bertz CT molecular complexity index is 315. The topological polar surface area (TPSA) is 41.6 Å². The van der Waals surface area contributed by atoms with Crippen LogP contribution in [0.2, 0.25) is 0 Å². The molecule has 2 heterocycles. The maximum absolute atomic E-state index is 12.4. The lowest BCUT2D eigenvalue weighted by Crippen LogP contribution is -2.60. The molecule has 19 heavy (non-hydrogen) atoms. The van der Waals surface area contributed by atoms with Gasteiger partial charge >= 0.3 is 0 Å². The monoisotopic (exact) mass is 266 g/mol. The van der Waals surface area contributed by atoms with Gasteiger partial charge < -0.3 is 15.0 Å². The molecule has 1 aliphatic carbocycles.